The Kier molecular flexibility index (Phi) is 3.18. The second-order valence-electron chi connectivity index (χ2n) is 6.75. The molecule has 2 heterocycles. The van der Waals surface area contributed by atoms with Crippen LogP contribution in [0.2, 0.25) is 0 Å². The summed E-state index contributed by atoms with van der Waals surface area (Å²) in [6.07, 6.45) is 8.13. The molecule has 1 saturated heterocycles. The zero-order valence-electron chi connectivity index (χ0n) is 12.6. The van der Waals surface area contributed by atoms with Gasteiger partial charge in [-0.3, -0.25) is 10.1 Å². The van der Waals surface area contributed by atoms with Crippen LogP contribution in [0.5, 0.6) is 0 Å². The van der Waals surface area contributed by atoms with Gasteiger partial charge in [0.2, 0.25) is 5.91 Å². The van der Waals surface area contributed by atoms with Crippen molar-refractivity contribution in [2.24, 2.45) is 0 Å². The minimum atomic E-state index is -0.216. The van der Waals surface area contributed by atoms with Crippen molar-refractivity contribution in [1.82, 2.24) is 10.2 Å². The molecule has 1 unspecified atom stereocenters. The maximum absolute atomic E-state index is 12.9. The third-order valence-corrected chi connectivity index (χ3v) is 7.79. The third-order valence-electron chi connectivity index (χ3n) is 5.33. The number of nitrogens with one attached hydrogen (secondary N) is 1. The Morgan fingerprint density at radius 1 is 1.38 bits per heavy atom. The van der Waals surface area contributed by atoms with Crippen LogP contribution >= 0.6 is 23.1 Å². The average molecular weight is 322 g/mol. The SMILES string of the molecule is CSC1(CN2C(=O)C3(CC3)NC2c2ccc(C)s2)CCC1. The van der Waals surface area contributed by atoms with Crippen molar-refractivity contribution >= 4 is 29.0 Å². The molecule has 2 saturated carbocycles. The van der Waals surface area contributed by atoms with Gasteiger partial charge in [0, 0.05) is 21.0 Å². The monoisotopic (exact) mass is 322 g/mol. The molecule has 1 aromatic rings. The van der Waals surface area contributed by atoms with Crippen LogP contribution in [0.3, 0.4) is 0 Å². The Morgan fingerprint density at radius 2 is 2.14 bits per heavy atom. The summed E-state index contributed by atoms with van der Waals surface area (Å²) < 4.78 is 0.308. The molecule has 1 atom stereocenters. The van der Waals surface area contributed by atoms with Crippen molar-refractivity contribution in [3.05, 3.63) is 21.9 Å². The van der Waals surface area contributed by atoms with Crippen LogP contribution in [0.4, 0.5) is 0 Å². The lowest BCUT2D eigenvalue weighted by atomic mass is 9.83. The first kappa shape index (κ1) is 14.1. The molecule has 1 amide bonds. The molecule has 114 valence electrons. The highest BCUT2D eigenvalue weighted by molar-refractivity contribution is 8.00. The molecule has 0 bridgehead atoms. The normalized spacial score (nSPS) is 29.0. The van der Waals surface area contributed by atoms with Crippen LogP contribution < -0.4 is 5.32 Å². The topological polar surface area (TPSA) is 32.3 Å². The van der Waals surface area contributed by atoms with E-state index in [1.807, 2.05) is 23.1 Å². The van der Waals surface area contributed by atoms with Crippen molar-refractivity contribution in [1.29, 1.82) is 0 Å². The average Bonchev–Trinajstić information content (AvgIpc) is 3.02. The maximum Gasteiger partial charge on any atom is 0.244 e. The number of hydrogen-bond donors (Lipinski definition) is 1. The van der Waals surface area contributed by atoms with E-state index >= 15 is 0 Å². The Balaban J connectivity index is 1.63. The summed E-state index contributed by atoms with van der Waals surface area (Å²) >= 11 is 3.77. The fourth-order valence-corrected chi connectivity index (χ4v) is 5.48. The summed E-state index contributed by atoms with van der Waals surface area (Å²) in [5, 5.41) is 3.64. The Labute approximate surface area is 134 Å². The van der Waals surface area contributed by atoms with E-state index < -0.39 is 0 Å². The van der Waals surface area contributed by atoms with Crippen molar-refractivity contribution in [3.8, 4) is 0 Å². The summed E-state index contributed by atoms with van der Waals surface area (Å²) in [6.45, 7) is 3.04. The van der Waals surface area contributed by atoms with Gasteiger partial charge in [-0.2, -0.15) is 11.8 Å². The third kappa shape index (κ3) is 2.16. The second kappa shape index (κ2) is 4.74. The van der Waals surface area contributed by atoms with Gasteiger partial charge in [0.25, 0.3) is 0 Å². The summed E-state index contributed by atoms with van der Waals surface area (Å²) in [7, 11) is 0. The molecular weight excluding hydrogens is 300 g/mol. The van der Waals surface area contributed by atoms with E-state index in [0.29, 0.717) is 10.7 Å². The second-order valence-corrected chi connectivity index (χ2v) is 9.34. The molecule has 3 fully saturated rings. The maximum atomic E-state index is 12.9. The zero-order valence-corrected chi connectivity index (χ0v) is 14.3. The fraction of sp³-hybridized carbons (Fsp3) is 0.688. The molecule has 2 aliphatic carbocycles. The lowest BCUT2D eigenvalue weighted by Crippen LogP contribution is -2.47. The molecule has 1 N–H and O–H groups in total. The summed E-state index contributed by atoms with van der Waals surface area (Å²) in [5.41, 5.74) is -0.216. The van der Waals surface area contributed by atoms with E-state index in [9.17, 15) is 4.79 Å². The van der Waals surface area contributed by atoms with Crippen LogP contribution in [-0.4, -0.2) is 33.9 Å². The predicted molar refractivity (Wildman–Crippen MR) is 88.7 cm³/mol. The number of hydrogen-bond acceptors (Lipinski definition) is 4. The molecular formula is C16H22N2OS2. The van der Waals surface area contributed by atoms with Crippen LogP contribution in [0.15, 0.2) is 12.1 Å². The van der Waals surface area contributed by atoms with Gasteiger partial charge in [0.1, 0.15) is 11.7 Å². The molecule has 0 radical (unpaired) electrons. The lowest BCUT2D eigenvalue weighted by Gasteiger charge is -2.44. The number of thioether (sulfide) groups is 1. The molecule has 4 rings (SSSR count). The van der Waals surface area contributed by atoms with Crippen molar-refractivity contribution in [2.75, 3.05) is 12.8 Å². The first-order valence-electron chi connectivity index (χ1n) is 7.78. The number of carbonyl (C=O) groups excluding carboxylic acids is 1. The number of thiophene rings is 1. The van der Waals surface area contributed by atoms with Crippen LogP contribution in [0, 0.1) is 6.92 Å². The number of rotatable bonds is 4. The molecule has 21 heavy (non-hydrogen) atoms. The quantitative estimate of drug-likeness (QED) is 0.923. The van der Waals surface area contributed by atoms with Crippen molar-refractivity contribution in [2.45, 2.75) is 55.5 Å². The Morgan fingerprint density at radius 3 is 2.62 bits per heavy atom. The summed E-state index contributed by atoms with van der Waals surface area (Å²) in [6, 6.07) is 4.35. The van der Waals surface area contributed by atoms with Gasteiger partial charge >= 0.3 is 0 Å². The van der Waals surface area contributed by atoms with Gasteiger partial charge in [0.15, 0.2) is 0 Å². The molecule has 1 aliphatic heterocycles. The van der Waals surface area contributed by atoms with E-state index in [1.54, 1.807) is 0 Å². The summed E-state index contributed by atoms with van der Waals surface area (Å²) in [4.78, 5) is 17.6. The van der Waals surface area contributed by atoms with Gasteiger partial charge in [-0.05, 0) is 51.0 Å². The molecule has 0 aromatic carbocycles. The van der Waals surface area contributed by atoms with Crippen molar-refractivity contribution < 1.29 is 4.79 Å². The Bertz CT molecular complexity index is 569. The molecule has 1 spiro atoms. The van der Waals surface area contributed by atoms with E-state index in [4.69, 9.17) is 0 Å². The molecule has 3 nitrogen and oxygen atoms in total. The Hall–Kier alpha value is -0.520. The lowest BCUT2D eigenvalue weighted by molar-refractivity contribution is -0.131. The summed E-state index contributed by atoms with van der Waals surface area (Å²) in [5.74, 6) is 0.346. The van der Waals surface area contributed by atoms with E-state index in [0.717, 1.165) is 19.4 Å². The molecule has 1 aromatic heterocycles. The minimum Gasteiger partial charge on any atom is -0.319 e. The standard InChI is InChI=1S/C16H22N2OS2/c1-11-4-5-12(21-11)13-17-16(8-9-16)14(19)18(13)10-15(20-2)6-3-7-15/h4-5,13,17H,3,6-10H2,1-2H3. The van der Waals surface area contributed by atoms with Gasteiger partial charge in [-0.1, -0.05) is 6.42 Å². The highest BCUT2D eigenvalue weighted by atomic mass is 32.2. The van der Waals surface area contributed by atoms with Crippen LogP contribution in [0.1, 0.15) is 48.0 Å². The number of nitrogens with zero attached hydrogens (tertiary/aromatic N) is 1. The highest BCUT2D eigenvalue weighted by Crippen LogP contribution is 2.50. The van der Waals surface area contributed by atoms with Crippen molar-refractivity contribution in [3.63, 3.8) is 0 Å². The number of amides is 1. The molecule has 5 heteroatoms. The first-order chi connectivity index (χ1) is 10.1. The van der Waals surface area contributed by atoms with E-state index in [-0.39, 0.29) is 11.7 Å². The smallest absolute Gasteiger partial charge is 0.244 e. The van der Waals surface area contributed by atoms with Gasteiger partial charge < -0.3 is 4.90 Å². The van der Waals surface area contributed by atoms with Gasteiger partial charge in [-0.15, -0.1) is 11.3 Å². The van der Waals surface area contributed by atoms with Crippen LogP contribution in [0.25, 0.3) is 0 Å². The zero-order chi connectivity index (χ0) is 14.7. The minimum absolute atomic E-state index is 0.100. The molecule has 3 aliphatic rings. The van der Waals surface area contributed by atoms with E-state index in [1.165, 1.54) is 29.0 Å². The van der Waals surface area contributed by atoms with Gasteiger partial charge in [-0.25, -0.2) is 0 Å². The van der Waals surface area contributed by atoms with Crippen LogP contribution in [-0.2, 0) is 4.79 Å². The number of aryl methyl sites for hydroxylation is 1. The van der Waals surface area contributed by atoms with Gasteiger partial charge in [0.05, 0.1) is 0 Å². The fourth-order valence-electron chi connectivity index (χ4n) is 3.57. The first-order valence-corrected chi connectivity index (χ1v) is 9.82. The largest absolute Gasteiger partial charge is 0.319 e. The van der Waals surface area contributed by atoms with E-state index in [2.05, 4.69) is 35.5 Å². The number of carbonyl (C=O) groups is 1. The highest BCUT2D eigenvalue weighted by Gasteiger charge is 2.60. The predicted octanol–water partition coefficient (Wildman–Crippen LogP) is 3.31.